The molecule has 1 aromatic carbocycles. The second kappa shape index (κ2) is 5.73. The van der Waals surface area contributed by atoms with Gasteiger partial charge in [-0.05, 0) is 31.5 Å². The fourth-order valence-electron chi connectivity index (χ4n) is 1.89. The Morgan fingerprint density at radius 1 is 1.21 bits per heavy atom. The largest absolute Gasteiger partial charge is 0.363 e. The number of hydrogen-bond donors (Lipinski definition) is 1. The van der Waals surface area contributed by atoms with Gasteiger partial charge in [0.15, 0.2) is 0 Å². The minimum Gasteiger partial charge on any atom is -0.363 e. The molecule has 2 rings (SSSR count). The monoisotopic (exact) mass is 263 g/mol. The van der Waals surface area contributed by atoms with Gasteiger partial charge in [0.1, 0.15) is 23.8 Å². The van der Waals surface area contributed by atoms with Crippen LogP contribution in [0.5, 0.6) is 0 Å². The summed E-state index contributed by atoms with van der Waals surface area (Å²) in [5, 5.41) is 3.10. The first-order valence-electron chi connectivity index (χ1n) is 6.10. The van der Waals surface area contributed by atoms with E-state index in [1.54, 1.807) is 6.07 Å². The molecule has 0 aliphatic carbocycles. The molecule has 3 nitrogen and oxygen atoms in total. The molecule has 1 atom stereocenters. The average Bonchev–Trinajstić information content (AvgIpc) is 2.39. The molecule has 1 N–H and O–H groups in total. The number of halogens is 2. The van der Waals surface area contributed by atoms with Crippen LogP contribution in [-0.4, -0.2) is 9.97 Å². The highest BCUT2D eigenvalue weighted by Crippen LogP contribution is 2.24. The lowest BCUT2D eigenvalue weighted by atomic mass is 10.0. The van der Waals surface area contributed by atoms with E-state index in [2.05, 4.69) is 15.3 Å². The van der Waals surface area contributed by atoms with Gasteiger partial charge in [0.25, 0.3) is 0 Å². The van der Waals surface area contributed by atoms with E-state index >= 15 is 0 Å². The summed E-state index contributed by atoms with van der Waals surface area (Å²) < 4.78 is 27.0. The van der Waals surface area contributed by atoms with Gasteiger partial charge in [0.05, 0.1) is 6.04 Å². The Kier molecular flexibility index (Phi) is 4.04. The molecule has 1 unspecified atom stereocenters. The standard InChI is InChI=1S/C14H15F2N3/c1-3-13(11-7-10(15)4-5-12(11)16)19-14-6-9(2)17-8-18-14/h4-8,13H,3H2,1-2H3,(H,17,18,19). The predicted molar refractivity (Wildman–Crippen MR) is 69.8 cm³/mol. The Hall–Kier alpha value is -2.04. The van der Waals surface area contributed by atoms with Crippen LogP contribution in [-0.2, 0) is 0 Å². The fraction of sp³-hybridized carbons (Fsp3) is 0.286. The zero-order chi connectivity index (χ0) is 13.8. The van der Waals surface area contributed by atoms with E-state index in [0.29, 0.717) is 17.8 Å². The molecule has 0 saturated carbocycles. The van der Waals surface area contributed by atoms with Crippen molar-refractivity contribution in [1.82, 2.24) is 9.97 Å². The maximum atomic E-state index is 13.7. The SMILES string of the molecule is CCC(Nc1cc(C)ncn1)c1cc(F)ccc1F. The smallest absolute Gasteiger partial charge is 0.130 e. The molecular formula is C14H15F2N3. The van der Waals surface area contributed by atoms with E-state index in [-0.39, 0.29) is 6.04 Å². The number of benzene rings is 1. The van der Waals surface area contributed by atoms with Crippen LogP contribution in [0, 0.1) is 18.6 Å². The summed E-state index contributed by atoms with van der Waals surface area (Å²) in [5.41, 5.74) is 1.12. The lowest BCUT2D eigenvalue weighted by Crippen LogP contribution is -2.13. The number of aromatic nitrogens is 2. The first-order chi connectivity index (χ1) is 9.10. The first-order valence-corrected chi connectivity index (χ1v) is 6.10. The molecule has 0 spiro atoms. The van der Waals surface area contributed by atoms with Gasteiger partial charge >= 0.3 is 0 Å². The van der Waals surface area contributed by atoms with E-state index < -0.39 is 11.6 Å². The number of nitrogens with zero attached hydrogens (tertiary/aromatic N) is 2. The van der Waals surface area contributed by atoms with E-state index in [1.807, 2.05) is 13.8 Å². The van der Waals surface area contributed by atoms with Gasteiger partial charge in [0.2, 0.25) is 0 Å². The van der Waals surface area contributed by atoms with E-state index in [0.717, 1.165) is 17.8 Å². The summed E-state index contributed by atoms with van der Waals surface area (Å²) >= 11 is 0. The van der Waals surface area contributed by atoms with Crippen molar-refractivity contribution >= 4 is 5.82 Å². The summed E-state index contributed by atoms with van der Waals surface area (Å²) in [5.74, 6) is -0.273. The van der Waals surface area contributed by atoms with Gasteiger partial charge in [-0.15, -0.1) is 0 Å². The van der Waals surface area contributed by atoms with Gasteiger partial charge in [-0.1, -0.05) is 6.92 Å². The van der Waals surface area contributed by atoms with Gasteiger partial charge in [-0.25, -0.2) is 18.7 Å². The summed E-state index contributed by atoms with van der Waals surface area (Å²) in [7, 11) is 0. The van der Waals surface area contributed by atoms with Crippen molar-refractivity contribution < 1.29 is 8.78 Å². The van der Waals surface area contributed by atoms with Gasteiger partial charge in [-0.3, -0.25) is 0 Å². The maximum Gasteiger partial charge on any atom is 0.130 e. The molecular weight excluding hydrogens is 248 g/mol. The average molecular weight is 263 g/mol. The minimum absolute atomic E-state index is 0.304. The third kappa shape index (κ3) is 3.24. The molecule has 1 aromatic heterocycles. The molecule has 0 aliphatic heterocycles. The zero-order valence-electron chi connectivity index (χ0n) is 10.8. The summed E-state index contributed by atoms with van der Waals surface area (Å²) in [6.45, 7) is 3.74. The molecule has 19 heavy (non-hydrogen) atoms. The van der Waals surface area contributed by atoms with Crippen LogP contribution in [0.3, 0.4) is 0 Å². The Balaban J connectivity index is 2.27. The molecule has 2 aromatic rings. The van der Waals surface area contributed by atoms with Crippen LogP contribution in [0.15, 0.2) is 30.6 Å². The Morgan fingerprint density at radius 3 is 2.68 bits per heavy atom. The number of rotatable bonds is 4. The van der Waals surface area contributed by atoms with Crippen LogP contribution in [0.1, 0.15) is 30.6 Å². The predicted octanol–water partition coefficient (Wildman–Crippen LogP) is 3.63. The van der Waals surface area contributed by atoms with Crippen molar-refractivity contribution in [3.8, 4) is 0 Å². The van der Waals surface area contributed by atoms with Gasteiger partial charge in [0, 0.05) is 17.3 Å². The highest BCUT2D eigenvalue weighted by molar-refractivity contribution is 5.39. The second-order valence-electron chi connectivity index (χ2n) is 4.32. The summed E-state index contributed by atoms with van der Waals surface area (Å²) in [6, 6.07) is 4.90. The van der Waals surface area contributed by atoms with Gasteiger partial charge in [-0.2, -0.15) is 0 Å². The van der Waals surface area contributed by atoms with Crippen LogP contribution >= 0.6 is 0 Å². The first kappa shape index (κ1) is 13.4. The molecule has 0 amide bonds. The molecule has 100 valence electrons. The van der Waals surface area contributed by atoms with Crippen molar-refractivity contribution in [2.24, 2.45) is 0 Å². The zero-order valence-corrected chi connectivity index (χ0v) is 10.8. The number of aryl methyl sites for hydroxylation is 1. The number of nitrogens with one attached hydrogen (secondary N) is 1. The number of hydrogen-bond acceptors (Lipinski definition) is 3. The Labute approximate surface area is 110 Å². The van der Waals surface area contributed by atoms with E-state index in [1.165, 1.54) is 12.4 Å². The highest BCUT2D eigenvalue weighted by Gasteiger charge is 2.15. The van der Waals surface area contributed by atoms with Crippen LogP contribution in [0.2, 0.25) is 0 Å². The normalized spacial score (nSPS) is 12.2. The quantitative estimate of drug-likeness (QED) is 0.915. The van der Waals surface area contributed by atoms with Gasteiger partial charge < -0.3 is 5.32 Å². The molecule has 0 aliphatic rings. The number of anilines is 1. The lowest BCUT2D eigenvalue weighted by molar-refractivity contribution is 0.566. The van der Waals surface area contributed by atoms with Crippen LogP contribution in [0.25, 0.3) is 0 Å². The van der Waals surface area contributed by atoms with Crippen molar-refractivity contribution in [1.29, 1.82) is 0 Å². The Morgan fingerprint density at radius 2 is 2.00 bits per heavy atom. The maximum absolute atomic E-state index is 13.7. The summed E-state index contributed by atoms with van der Waals surface area (Å²) in [6.07, 6.45) is 2.05. The molecule has 1 heterocycles. The summed E-state index contributed by atoms with van der Waals surface area (Å²) in [4.78, 5) is 8.06. The van der Waals surface area contributed by atoms with Crippen molar-refractivity contribution in [3.05, 3.63) is 53.5 Å². The fourth-order valence-corrected chi connectivity index (χ4v) is 1.89. The second-order valence-corrected chi connectivity index (χ2v) is 4.32. The van der Waals surface area contributed by atoms with E-state index in [9.17, 15) is 8.78 Å². The highest BCUT2D eigenvalue weighted by atomic mass is 19.1. The molecule has 5 heteroatoms. The third-order valence-electron chi connectivity index (χ3n) is 2.87. The molecule has 0 saturated heterocycles. The minimum atomic E-state index is -0.449. The Bertz CT molecular complexity index is 572. The van der Waals surface area contributed by atoms with Crippen molar-refractivity contribution in [3.63, 3.8) is 0 Å². The topological polar surface area (TPSA) is 37.8 Å². The van der Waals surface area contributed by atoms with E-state index in [4.69, 9.17) is 0 Å². The lowest BCUT2D eigenvalue weighted by Gasteiger charge is -2.18. The molecule has 0 fully saturated rings. The molecule has 0 bridgehead atoms. The van der Waals surface area contributed by atoms with Crippen molar-refractivity contribution in [2.75, 3.05) is 5.32 Å². The van der Waals surface area contributed by atoms with Crippen LogP contribution < -0.4 is 5.32 Å². The third-order valence-corrected chi connectivity index (χ3v) is 2.87. The van der Waals surface area contributed by atoms with Crippen LogP contribution in [0.4, 0.5) is 14.6 Å². The van der Waals surface area contributed by atoms with Crippen molar-refractivity contribution in [2.45, 2.75) is 26.3 Å². The molecule has 0 radical (unpaired) electrons.